The van der Waals surface area contributed by atoms with Gasteiger partial charge in [-0.3, -0.25) is 4.55 Å². The van der Waals surface area contributed by atoms with Gasteiger partial charge in [-0.05, 0) is 0 Å². The third-order valence-corrected chi connectivity index (χ3v) is 4.90. The van der Waals surface area contributed by atoms with Crippen LogP contribution in [0.15, 0.2) is 0 Å². The highest BCUT2D eigenvalue weighted by Crippen LogP contribution is 2.67. The Morgan fingerprint density at radius 1 is 0.349 bits per heavy atom. The van der Waals surface area contributed by atoms with E-state index in [0.717, 1.165) is 0 Å². The molecule has 0 saturated heterocycles. The Hall–Kier alpha value is -1.92. The second kappa shape index (κ2) is 10.3. The van der Waals surface area contributed by atoms with Crippen LogP contribution in [0.25, 0.3) is 0 Å². The molecule has 43 heavy (non-hydrogen) atoms. The van der Waals surface area contributed by atoms with Gasteiger partial charge < -0.3 is 6.15 Å². The fourth-order valence-corrected chi connectivity index (χ4v) is 2.49. The van der Waals surface area contributed by atoms with Crippen molar-refractivity contribution in [3.05, 3.63) is 0 Å². The summed E-state index contributed by atoms with van der Waals surface area (Å²) in [6, 6.07) is 0. The quantitative estimate of drug-likeness (QED) is 0.160. The van der Waals surface area contributed by atoms with Crippen LogP contribution in [0.5, 0.6) is 0 Å². The van der Waals surface area contributed by atoms with E-state index in [1.54, 1.807) is 0 Å². The summed E-state index contributed by atoms with van der Waals surface area (Å²) in [7, 11) is -7.29. The summed E-state index contributed by atoms with van der Waals surface area (Å²) in [5.74, 6) is -93.8. The third-order valence-electron chi connectivity index (χ3n) is 4.48. The van der Waals surface area contributed by atoms with E-state index in [4.69, 9.17) is 4.55 Å². The van der Waals surface area contributed by atoms with Gasteiger partial charge in [0.05, 0.1) is 0 Å². The molecule has 262 valence electrons. The lowest BCUT2D eigenvalue weighted by molar-refractivity contribution is -0.486. The first-order chi connectivity index (χ1) is 17.5. The summed E-state index contributed by atoms with van der Waals surface area (Å²) in [5.41, 5.74) is 0. The molecule has 0 aliphatic heterocycles. The van der Waals surface area contributed by atoms with Gasteiger partial charge in [-0.15, -0.1) is 0 Å². The monoisotopic (exact) mass is 733 g/mol. The van der Waals surface area contributed by atoms with Crippen molar-refractivity contribution >= 4 is 10.4 Å². The average molecular weight is 733 g/mol. The normalized spacial score (nSPS) is 16.7. The van der Waals surface area contributed by atoms with E-state index in [0.29, 0.717) is 0 Å². The molecule has 0 bridgehead atoms. The molecular weight excluding hydrogens is 729 g/mol. The molecule has 0 aliphatic rings. The Kier molecular flexibility index (Phi) is 10.4. The van der Waals surface area contributed by atoms with E-state index < -0.39 is 81.9 Å². The predicted molar refractivity (Wildman–Crippen MR) is 78.1 cm³/mol. The Labute approximate surface area is 216 Å². The van der Waals surface area contributed by atoms with Crippen LogP contribution in [0.1, 0.15) is 0 Å². The zero-order valence-corrected chi connectivity index (χ0v) is 19.1. The molecule has 0 aliphatic carbocycles. The van der Waals surface area contributed by atoms with Crippen molar-refractivity contribution in [2.45, 2.75) is 71.5 Å². The van der Waals surface area contributed by atoms with Crippen molar-refractivity contribution in [3.63, 3.8) is 0 Å². The Morgan fingerprint density at radius 2 is 0.512 bits per heavy atom. The third kappa shape index (κ3) is 5.47. The van der Waals surface area contributed by atoms with Crippen molar-refractivity contribution in [1.29, 1.82) is 0 Å². The standard InChI is InChI=1S/C12HF25O4S.H3N/c13-1(14,3(17,18)5(21,22)7(25,26)9(29,30)11(33,34)35)2(15,16)4(19,20)6(23,24)8(27,28)10(31,32)12(36,37)41-42(38,39)40;/h(H,38,39,40);1H3. The summed E-state index contributed by atoms with van der Waals surface area (Å²) in [6.45, 7) is 0. The summed E-state index contributed by atoms with van der Waals surface area (Å²) < 4.78 is 357. The summed E-state index contributed by atoms with van der Waals surface area (Å²) in [6.07, 6.45) is -16.3. The van der Waals surface area contributed by atoms with Gasteiger partial charge in [0.2, 0.25) is 0 Å². The second-order valence-electron chi connectivity index (χ2n) is 7.27. The molecule has 5 nitrogen and oxygen atoms in total. The molecule has 0 spiro atoms. The van der Waals surface area contributed by atoms with Crippen LogP contribution in [0, 0.1) is 0 Å². The molecular formula is C12H4F25NO4S. The van der Waals surface area contributed by atoms with Crippen LogP contribution in [0.3, 0.4) is 0 Å². The van der Waals surface area contributed by atoms with Crippen molar-refractivity contribution in [3.8, 4) is 0 Å². The van der Waals surface area contributed by atoms with Crippen molar-refractivity contribution in [2.75, 3.05) is 0 Å². The van der Waals surface area contributed by atoms with Gasteiger partial charge in [0.25, 0.3) is 0 Å². The van der Waals surface area contributed by atoms with Gasteiger partial charge in [0.1, 0.15) is 0 Å². The van der Waals surface area contributed by atoms with Gasteiger partial charge in [0, 0.05) is 0 Å². The molecule has 0 aromatic rings. The molecule has 0 heterocycles. The number of alkyl halides is 25. The number of hydrogen-bond acceptors (Lipinski definition) is 4. The van der Waals surface area contributed by atoms with E-state index >= 15 is 0 Å². The highest BCUT2D eigenvalue weighted by molar-refractivity contribution is 7.80. The topological polar surface area (TPSA) is 98.6 Å². The highest BCUT2D eigenvalue weighted by Gasteiger charge is 2.99. The number of halogens is 25. The Morgan fingerprint density at radius 3 is 0.674 bits per heavy atom. The fourth-order valence-electron chi connectivity index (χ4n) is 2.12. The SMILES string of the molecule is N.O=S(=O)(O)OC(F)(F)C(F)(F)C(F)(F)C(F)(F)C(F)(F)C(F)(F)C(F)(F)C(F)(F)C(F)(F)C(F)(F)C(F)(F)C(F)(F)F. The molecule has 0 atom stereocenters. The van der Waals surface area contributed by atoms with Gasteiger partial charge in [0.15, 0.2) is 0 Å². The average Bonchev–Trinajstić information content (AvgIpc) is 2.69. The van der Waals surface area contributed by atoms with Crippen LogP contribution in [0.4, 0.5) is 110 Å². The molecule has 0 unspecified atom stereocenters. The van der Waals surface area contributed by atoms with E-state index in [-0.39, 0.29) is 6.15 Å². The van der Waals surface area contributed by atoms with Crippen LogP contribution in [0.2, 0.25) is 0 Å². The minimum absolute atomic E-state index is 0. The van der Waals surface area contributed by atoms with Crippen molar-refractivity contribution in [1.82, 2.24) is 6.15 Å². The largest absolute Gasteiger partial charge is 0.460 e. The maximum atomic E-state index is 13.5. The summed E-state index contributed by atoms with van der Waals surface area (Å²) in [4.78, 5) is 0. The maximum absolute atomic E-state index is 13.5. The molecule has 0 aromatic heterocycles. The van der Waals surface area contributed by atoms with Crippen molar-refractivity contribution < 1.29 is 127 Å². The first-order valence-corrected chi connectivity index (χ1v) is 9.73. The summed E-state index contributed by atoms with van der Waals surface area (Å²) in [5, 5.41) is 0. The lowest BCUT2D eigenvalue weighted by atomic mass is 9.85. The molecule has 31 heteroatoms. The zero-order chi connectivity index (χ0) is 35.2. The van der Waals surface area contributed by atoms with Gasteiger partial charge in [-0.1, -0.05) is 0 Å². The van der Waals surface area contributed by atoms with Gasteiger partial charge in [-0.25, -0.2) is 0 Å². The molecule has 4 N–H and O–H groups in total. The predicted octanol–water partition coefficient (Wildman–Crippen LogP) is 7.48. The minimum Gasteiger partial charge on any atom is -0.344 e. The first-order valence-electron chi connectivity index (χ1n) is 8.36. The fraction of sp³-hybridized carbons (Fsp3) is 1.00. The molecule has 0 aromatic carbocycles. The Bertz CT molecular complexity index is 1120. The van der Waals surface area contributed by atoms with Crippen LogP contribution in [-0.2, 0) is 14.6 Å². The number of hydrogen-bond donors (Lipinski definition) is 2. The molecule has 0 amide bonds. The molecule has 0 saturated carbocycles. The summed E-state index contributed by atoms with van der Waals surface area (Å²) >= 11 is 0. The van der Waals surface area contributed by atoms with Crippen molar-refractivity contribution in [2.24, 2.45) is 0 Å². The van der Waals surface area contributed by atoms with Crippen LogP contribution < -0.4 is 6.15 Å². The Balaban J connectivity index is 0. The van der Waals surface area contributed by atoms with Crippen LogP contribution >= 0.6 is 0 Å². The van der Waals surface area contributed by atoms with E-state index in [2.05, 4.69) is 0 Å². The van der Waals surface area contributed by atoms with E-state index in [1.165, 1.54) is 4.18 Å². The maximum Gasteiger partial charge on any atom is 0.460 e. The molecule has 0 rings (SSSR count). The highest BCUT2D eigenvalue weighted by atomic mass is 32.3. The first kappa shape index (κ1) is 43.2. The lowest BCUT2D eigenvalue weighted by Gasteiger charge is -2.45. The van der Waals surface area contributed by atoms with Crippen LogP contribution in [-0.4, -0.2) is 84.5 Å². The second-order valence-corrected chi connectivity index (χ2v) is 8.29. The molecule has 0 radical (unpaired) electrons. The van der Waals surface area contributed by atoms with Gasteiger partial charge in [-0.2, -0.15) is 122 Å². The van der Waals surface area contributed by atoms with E-state index in [9.17, 15) is 118 Å². The van der Waals surface area contributed by atoms with Gasteiger partial charge >= 0.3 is 81.9 Å². The smallest absolute Gasteiger partial charge is 0.344 e. The molecule has 0 fully saturated rings. The minimum atomic E-state index is -9.75. The van der Waals surface area contributed by atoms with E-state index in [1.807, 2.05) is 0 Å². The lowest BCUT2D eigenvalue weighted by Crippen LogP contribution is -2.78. The zero-order valence-electron chi connectivity index (χ0n) is 18.2. The number of rotatable bonds is 12.